The molecule has 0 spiro atoms. The second kappa shape index (κ2) is 7.09. The van der Waals surface area contributed by atoms with Crippen LogP contribution in [0.5, 0.6) is 0 Å². The van der Waals surface area contributed by atoms with Crippen molar-refractivity contribution in [1.82, 2.24) is 0 Å². The lowest BCUT2D eigenvalue weighted by atomic mass is 10.1. The van der Waals surface area contributed by atoms with Crippen LogP contribution in [0.1, 0.15) is 47.0 Å². The molecule has 0 rings (SSSR count). The number of methoxy groups -OCH3 is 1. The number of ether oxygens (including phenoxy) is 2. The first-order valence-electron chi connectivity index (χ1n) is 5.73. The van der Waals surface area contributed by atoms with Crippen molar-refractivity contribution in [3.8, 4) is 0 Å². The first-order valence-corrected chi connectivity index (χ1v) is 5.73. The standard InChI is InChI=1S/C13H22O4/c1-10(12(15)17-13(2,3)4)8-6-7-9-11(14)16-5/h8H,6-7,9H2,1-5H3/b10-8+. The monoisotopic (exact) mass is 242 g/mol. The Morgan fingerprint density at radius 2 is 1.82 bits per heavy atom. The van der Waals surface area contributed by atoms with Crippen LogP contribution >= 0.6 is 0 Å². The van der Waals surface area contributed by atoms with Crippen LogP contribution in [0.15, 0.2) is 11.6 Å². The molecule has 0 bridgehead atoms. The molecule has 98 valence electrons. The predicted molar refractivity (Wildman–Crippen MR) is 65.5 cm³/mol. The van der Waals surface area contributed by atoms with Gasteiger partial charge in [0.25, 0.3) is 0 Å². The number of esters is 2. The summed E-state index contributed by atoms with van der Waals surface area (Å²) in [6.45, 7) is 7.20. The Morgan fingerprint density at radius 1 is 1.24 bits per heavy atom. The summed E-state index contributed by atoms with van der Waals surface area (Å²) >= 11 is 0. The average Bonchev–Trinajstić information content (AvgIpc) is 2.21. The fourth-order valence-electron chi connectivity index (χ4n) is 1.11. The van der Waals surface area contributed by atoms with Gasteiger partial charge in [0.2, 0.25) is 0 Å². The van der Waals surface area contributed by atoms with Gasteiger partial charge in [-0.3, -0.25) is 4.79 Å². The molecule has 0 amide bonds. The molecule has 0 saturated heterocycles. The summed E-state index contributed by atoms with van der Waals surface area (Å²) in [6, 6.07) is 0. The molecule has 0 aliphatic carbocycles. The van der Waals surface area contributed by atoms with Crippen molar-refractivity contribution < 1.29 is 19.1 Å². The summed E-state index contributed by atoms with van der Waals surface area (Å²) in [4.78, 5) is 22.4. The third kappa shape index (κ3) is 8.48. The van der Waals surface area contributed by atoms with Crippen LogP contribution in [-0.2, 0) is 19.1 Å². The summed E-state index contributed by atoms with van der Waals surface area (Å²) in [7, 11) is 1.37. The lowest BCUT2D eigenvalue weighted by molar-refractivity contribution is -0.149. The molecule has 0 fully saturated rings. The number of allylic oxidation sites excluding steroid dienone is 1. The van der Waals surface area contributed by atoms with Crippen molar-refractivity contribution >= 4 is 11.9 Å². The number of rotatable bonds is 5. The van der Waals surface area contributed by atoms with Crippen molar-refractivity contribution in [3.63, 3.8) is 0 Å². The van der Waals surface area contributed by atoms with Crippen molar-refractivity contribution in [3.05, 3.63) is 11.6 Å². The van der Waals surface area contributed by atoms with Crippen molar-refractivity contribution in [2.45, 2.75) is 52.6 Å². The van der Waals surface area contributed by atoms with Crippen LogP contribution < -0.4 is 0 Å². The smallest absolute Gasteiger partial charge is 0.333 e. The van der Waals surface area contributed by atoms with Gasteiger partial charge in [-0.1, -0.05) is 6.08 Å². The van der Waals surface area contributed by atoms with Gasteiger partial charge in [-0.15, -0.1) is 0 Å². The third-order valence-corrected chi connectivity index (χ3v) is 1.98. The van der Waals surface area contributed by atoms with Crippen molar-refractivity contribution in [2.24, 2.45) is 0 Å². The van der Waals surface area contributed by atoms with E-state index in [4.69, 9.17) is 4.74 Å². The van der Waals surface area contributed by atoms with E-state index in [9.17, 15) is 9.59 Å². The molecule has 0 heterocycles. The van der Waals surface area contributed by atoms with E-state index in [1.807, 2.05) is 20.8 Å². The second-order valence-corrected chi connectivity index (χ2v) is 4.86. The fraction of sp³-hybridized carbons (Fsp3) is 0.692. The zero-order chi connectivity index (χ0) is 13.5. The van der Waals surface area contributed by atoms with Crippen LogP contribution in [0.2, 0.25) is 0 Å². The average molecular weight is 242 g/mol. The van der Waals surface area contributed by atoms with Crippen molar-refractivity contribution in [2.75, 3.05) is 7.11 Å². The van der Waals surface area contributed by atoms with Crippen LogP contribution in [0.25, 0.3) is 0 Å². The van der Waals surface area contributed by atoms with E-state index in [1.54, 1.807) is 13.0 Å². The minimum Gasteiger partial charge on any atom is -0.469 e. The topological polar surface area (TPSA) is 52.6 Å². The molecule has 0 atom stereocenters. The molecular weight excluding hydrogens is 220 g/mol. The molecule has 0 N–H and O–H groups in total. The molecule has 0 aliphatic rings. The molecule has 0 aromatic heterocycles. The molecule has 17 heavy (non-hydrogen) atoms. The van der Waals surface area contributed by atoms with E-state index in [2.05, 4.69) is 4.74 Å². The molecule has 4 heteroatoms. The van der Waals surface area contributed by atoms with Gasteiger partial charge in [-0.2, -0.15) is 0 Å². The predicted octanol–water partition coefficient (Wildman–Crippen LogP) is 2.62. The van der Waals surface area contributed by atoms with Crippen LogP contribution in [0, 0.1) is 0 Å². The van der Waals surface area contributed by atoms with Crippen LogP contribution in [0.3, 0.4) is 0 Å². The number of hydrogen-bond donors (Lipinski definition) is 0. The summed E-state index contributed by atoms with van der Waals surface area (Å²) in [6.07, 6.45) is 3.50. The normalized spacial score (nSPS) is 12.2. The Morgan fingerprint density at radius 3 is 2.29 bits per heavy atom. The fourth-order valence-corrected chi connectivity index (χ4v) is 1.11. The first-order chi connectivity index (χ1) is 7.76. The zero-order valence-electron chi connectivity index (χ0n) is 11.3. The van der Waals surface area contributed by atoms with Gasteiger partial charge in [-0.05, 0) is 40.5 Å². The summed E-state index contributed by atoms with van der Waals surface area (Å²) in [5.41, 5.74) is 0.0999. The first kappa shape index (κ1) is 15.7. The molecule has 0 radical (unpaired) electrons. The van der Waals surface area contributed by atoms with Crippen LogP contribution in [-0.4, -0.2) is 24.6 Å². The molecule has 0 aromatic carbocycles. The Kier molecular flexibility index (Phi) is 6.54. The van der Waals surface area contributed by atoms with E-state index in [0.29, 0.717) is 24.8 Å². The zero-order valence-corrected chi connectivity index (χ0v) is 11.3. The number of carbonyl (C=O) groups is 2. The molecule has 0 aromatic rings. The van der Waals surface area contributed by atoms with E-state index < -0.39 is 5.60 Å². The second-order valence-electron chi connectivity index (χ2n) is 4.86. The maximum atomic E-state index is 11.6. The number of carbonyl (C=O) groups excluding carboxylic acids is 2. The highest BCUT2D eigenvalue weighted by Crippen LogP contribution is 2.11. The maximum Gasteiger partial charge on any atom is 0.333 e. The number of hydrogen-bond acceptors (Lipinski definition) is 4. The highest BCUT2D eigenvalue weighted by molar-refractivity contribution is 5.88. The van der Waals surface area contributed by atoms with E-state index in [-0.39, 0.29) is 11.9 Å². The lowest BCUT2D eigenvalue weighted by Crippen LogP contribution is -2.24. The molecule has 0 saturated carbocycles. The Hall–Kier alpha value is -1.32. The highest BCUT2D eigenvalue weighted by Gasteiger charge is 2.16. The van der Waals surface area contributed by atoms with Crippen molar-refractivity contribution in [1.29, 1.82) is 0 Å². The Bertz CT molecular complexity index is 297. The summed E-state index contributed by atoms with van der Waals surface area (Å²) in [5.74, 6) is -0.538. The Labute approximate surface area is 103 Å². The summed E-state index contributed by atoms with van der Waals surface area (Å²) < 4.78 is 9.72. The van der Waals surface area contributed by atoms with E-state index in [0.717, 1.165) is 0 Å². The van der Waals surface area contributed by atoms with Gasteiger partial charge in [0.1, 0.15) is 5.60 Å². The van der Waals surface area contributed by atoms with Gasteiger partial charge < -0.3 is 9.47 Å². The maximum absolute atomic E-state index is 11.6. The minimum atomic E-state index is -0.474. The van der Waals surface area contributed by atoms with Gasteiger partial charge in [0.05, 0.1) is 7.11 Å². The van der Waals surface area contributed by atoms with E-state index >= 15 is 0 Å². The number of unbranched alkanes of at least 4 members (excludes halogenated alkanes) is 1. The SMILES string of the molecule is COC(=O)CCC/C=C(\C)C(=O)OC(C)(C)C. The van der Waals surface area contributed by atoms with Gasteiger partial charge in [0.15, 0.2) is 0 Å². The van der Waals surface area contributed by atoms with Crippen LogP contribution in [0.4, 0.5) is 0 Å². The minimum absolute atomic E-state index is 0.228. The molecule has 0 unspecified atom stereocenters. The molecule has 4 nitrogen and oxygen atoms in total. The molecular formula is C13H22O4. The van der Waals surface area contributed by atoms with Gasteiger partial charge >= 0.3 is 11.9 Å². The van der Waals surface area contributed by atoms with Gasteiger partial charge in [0, 0.05) is 12.0 Å². The lowest BCUT2D eigenvalue weighted by Gasteiger charge is -2.19. The highest BCUT2D eigenvalue weighted by atomic mass is 16.6. The molecule has 0 aliphatic heterocycles. The third-order valence-electron chi connectivity index (χ3n) is 1.98. The summed E-state index contributed by atoms with van der Waals surface area (Å²) in [5, 5.41) is 0. The largest absolute Gasteiger partial charge is 0.469 e. The quantitative estimate of drug-likeness (QED) is 0.422. The van der Waals surface area contributed by atoms with E-state index in [1.165, 1.54) is 7.11 Å². The van der Waals surface area contributed by atoms with Gasteiger partial charge in [-0.25, -0.2) is 4.79 Å². The Balaban J connectivity index is 4.01.